The van der Waals surface area contributed by atoms with E-state index in [-0.39, 0.29) is 12.4 Å². The highest BCUT2D eigenvalue weighted by Gasteiger charge is 2.17. The van der Waals surface area contributed by atoms with Gasteiger partial charge in [-0.2, -0.15) is 4.98 Å². The van der Waals surface area contributed by atoms with Crippen LogP contribution in [0.5, 0.6) is 0 Å². The zero-order valence-electron chi connectivity index (χ0n) is 14.2. The highest BCUT2D eigenvalue weighted by atomic mass is 19.1. The Bertz CT molecular complexity index is 1170. The Hall–Kier alpha value is -3.61. The second kappa shape index (κ2) is 6.95. The maximum Gasteiger partial charge on any atom is 0.352 e. The van der Waals surface area contributed by atoms with Crippen molar-refractivity contribution >= 4 is 0 Å². The number of pyridine rings is 2. The van der Waals surface area contributed by atoms with Crippen LogP contribution in [0.3, 0.4) is 0 Å². The number of halogens is 1. The maximum atomic E-state index is 13.1. The summed E-state index contributed by atoms with van der Waals surface area (Å²) in [5.41, 5.74) is 0.741. The molecule has 0 radical (unpaired) electrons. The van der Waals surface area contributed by atoms with Gasteiger partial charge in [-0.1, -0.05) is 18.2 Å². The fourth-order valence-corrected chi connectivity index (χ4v) is 2.92. The molecular formula is C20H15FN4O2. The van der Waals surface area contributed by atoms with Crippen molar-refractivity contribution in [1.82, 2.24) is 19.1 Å². The Labute approximate surface area is 153 Å². The molecule has 3 heterocycles. The van der Waals surface area contributed by atoms with Crippen LogP contribution in [0, 0.1) is 5.82 Å². The maximum absolute atomic E-state index is 13.1. The zero-order chi connectivity index (χ0) is 18.8. The van der Waals surface area contributed by atoms with Crippen LogP contribution in [-0.4, -0.2) is 19.1 Å². The Morgan fingerprint density at radius 2 is 1.74 bits per heavy atom. The molecular weight excluding hydrogens is 347 g/mol. The first-order valence-corrected chi connectivity index (χ1v) is 8.36. The van der Waals surface area contributed by atoms with Crippen molar-refractivity contribution in [2.45, 2.75) is 13.1 Å². The highest BCUT2D eigenvalue weighted by Crippen LogP contribution is 2.15. The normalized spacial score (nSPS) is 11.0. The zero-order valence-corrected chi connectivity index (χ0v) is 14.2. The van der Waals surface area contributed by atoms with Crippen LogP contribution in [-0.2, 0) is 13.1 Å². The molecule has 1 aromatic heterocycles. The molecule has 0 unspecified atom stereocenters. The van der Waals surface area contributed by atoms with E-state index in [1.807, 2.05) is 0 Å². The molecule has 0 saturated carbocycles. The molecule has 0 bridgehead atoms. The van der Waals surface area contributed by atoms with Gasteiger partial charge in [0.15, 0.2) is 5.82 Å². The predicted molar refractivity (Wildman–Crippen MR) is 98.2 cm³/mol. The molecule has 2 aromatic rings. The third kappa shape index (κ3) is 3.39. The average Bonchev–Trinajstić information content (AvgIpc) is 2.68. The molecule has 0 amide bonds. The predicted octanol–water partition coefficient (Wildman–Crippen LogP) is 2.14. The van der Waals surface area contributed by atoms with Gasteiger partial charge in [-0.15, -0.1) is 0 Å². The van der Waals surface area contributed by atoms with E-state index < -0.39 is 11.2 Å². The number of fused-ring (bicyclic) bond motifs is 1. The van der Waals surface area contributed by atoms with Crippen LogP contribution < -0.4 is 11.2 Å². The molecule has 0 atom stereocenters. The van der Waals surface area contributed by atoms with Gasteiger partial charge in [0, 0.05) is 18.9 Å². The molecule has 134 valence electrons. The summed E-state index contributed by atoms with van der Waals surface area (Å²) < 4.78 is 15.9. The quantitative estimate of drug-likeness (QED) is 0.558. The first-order chi connectivity index (χ1) is 13.1. The van der Waals surface area contributed by atoms with Crippen LogP contribution in [0.1, 0.15) is 11.3 Å². The summed E-state index contributed by atoms with van der Waals surface area (Å²) in [5, 5.41) is 0. The topological polar surface area (TPSA) is 69.8 Å². The standard InChI is InChI=1S/C20H15FN4O2/c21-15-8-6-14(7-9-15)12-24-11-3-5-17-18(24)23-20(27)25(19(17)26)13-16-4-1-2-10-22-16/h1-11H,12-13H2. The smallest absolute Gasteiger partial charge is 0.328 e. The highest BCUT2D eigenvalue weighted by molar-refractivity contribution is 5.54. The minimum atomic E-state index is -0.628. The molecule has 27 heavy (non-hydrogen) atoms. The van der Waals surface area contributed by atoms with Crippen LogP contribution >= 0.6 is 0 Å². The molecule has 0 spiro atoms. The number of nitrogens with zero attached hydrogens (tertiary/aromatic N) is 4. The van der Waals surface area contributed by atoms with E-state index in [2.05, 4.69) is 9.97 Å². The first kappa shape index (κ1) is 16.8. The fraction of sp³-hybridized carbons (Fsp3) is 0.100. The summed E-state index contributed by atoms with van der Waals surface area (Å²) in [4.78, 5) is 33.6. The van der Waals surface area contributed by atoms with E-state index in [9.17, 15) is 14.0 Å². The summed E-state index contributed by atoms with van der Waals surface area (Å²) in [6, 6.07) is 14.7. The van der Waals surface area contributed by atoms with Gasteiger partial charge < -0.3 is 4.57 Å². The number of benzene rings is 1. The van der Waals surface area contributed by atoms with Gasteiger partial charge >= 0.3 is 5.69 Å². The number of aromatic nitrogens is 4. The summed E-state index contributed by atoms with van der Waals surface area (Å²) >= 11 is 0. The minimum absolute atomic E-state index is 0.0638. The molecule has 0 aliphatic carbocycles. The fourth-order valence-electron chi connectivity index (χ4n) is 2.92. The van der Waals surface area contributed by atoms with E-state index in [1.165, 1.54) is 12.1 Å². The van der Waals surface area contributed by atoms with Crippen molar-refractivity contribution in [3.05, 3.63) is 105 Å². The van der Waals surface area contributed by atoms with E-state index in [4.69, 9.17) is 0 Å². The molecule has 4 rings (SSSR count). The van der Waals surface area contributed by atoms with Gasteiger partial charge in [-0.05, 0) is 42.0 Å². The second-order valence-corrected chi connectivity index (χ2v) is 6.11. The molecule has 1 aromatic carbocycles. The van der Waals surface area contributed by atoms with Crippen molar-refractivity contribution in [2.24, 2.45) is 0 Å². The Morgan fingerprint density at radius 1 is 0.926 bits per heavy atom. The van der Waals surface area contributed by atoms with Crippen LogP contribution in [0.15, 0.2) is 76.6 Å². The molecule has 6 nitrogen and oxygen atoms in total. The van der Waals surface area contributed by atoms with E-state index >= 15 is 0 Å². The van der Waals surface area contributed by atoms with Gasteiger partial charge in [0.1, 0.15) is 5.82 Å². The Kier molecular flexibility index (Phi) is 4.33. The van der Waals surface area contributed by atoms with Crippen molar-refractivity contribution in [3.8, 4) is 11.4 Å². The monoisotopic (exact) mass is 362 g/mol. The first-order valence-electron chi connectivity index (χ1n) is 8.36. The van der Waals surface area contributed by atoms with Crippen molar-refractivity contribution < 1.29 is 4.39 Å². The Morgan fingerprint density at radius 3 is 2.48 bits per heavy atom. The van der Waals surface area contributed by atoms with Gasteiger partial charge in [0.25, 0.3) is 5.56 Å². The van der Waals surface area contributed by atoms with E-state index in [0.29, 0.717) is 23.6 Å². The Balaban J connectivity index is 1.77. The summed E-state index contributed by atoms with van der Waals surface area (Å²) in [6.45, 7) is 0.433. The lowest BCUT2D eigenvalue weighted by atomic mass is 10.2. The molecule has 2 aliphatic heterocycles. The minimum Gasteiger partial charge on any atom is -0.328 e. The van der Waals surface area contributed by atoms with Crippen LogP contribution in [0.25, 0.3) is 11.4 Å². The third-order valence-corrected chi connectivity index (χ3v) is 4.26. The number of hydrogen-bond acceptors (Lipinski definition) is 4. The average molecular weight is 362 g/mol. The molecule has 7 heteroatoms. The van der Waals surface area contributed by atoms with Crippen molar-refractivity contribution in [1.29, 1.82) is 0 Å². The lowest BCUT2D eigenvalue weighted by molar-refractivity contribution is 0.626. The van der Waals surface area contributed by atoms with Gasteiger partial charge in [0.05, 0.1) is 17.8 Å². The van der Waals surface area contributed by atoms with Crippen molar-refractivity contribution in [3.63, 3.8) is 0 Å². The SMILES string of the molecule is O=c1nc2n(Cc3ccc(F)cc3)cccc-2c(=O)n1Cc1ccccn1. The van der Waals surface area contributed by atoms with E-state index in [0.717, 1.165) is 10.1 Å². The summed E-state index contributed by atoms with van der Waals surface area (Å²) in [5.74, 6) is -0.0202. The summed E-state index contributed by atoms with van der Waals surface area (Å²) in [6.07, 6.45) is 3.34. The lowest BCUT2D eigenvalue weighted by Gasteiger charge is -2.15. The van der Waals surface area contributed by atoms with Gasteiger partial charge in [-0.3, -0.25) is 14.3 Å². The molecule has 0 fully saturated rings. The van der Waals surface area contributed by atoms with Gasteiger partial charge in [0.2, 0.25) is 0 Å². The summed E-state index contributed by atoms with van der Waals surface area (Å²) in [7, 11) is 0. The second-order valence-electron chi connectivity index (χ2n) is 6.11. The van der Waals surface area contributed by atoms with E-state index in [1.54, 1.807) is 59.4 Å². The number of hydrogen-bond donors (Lipinski definition) is 0. The largest absolute Gasteiger partial charge is 0.352 e. The number of rotatable bonds is 4. The lowest BCUT2D eigenvalue weighted by Crippen LogP contribution is -2.38. The van der Waals surface area contributed by atoms with Crippen LogP contribution in [0.4, 0.5) is 4.39 Å². The molecule has 0 saturated heterocycles. The van der Waals surface area contributed by atoms with Gasteiger partial charge in [-0.25, -0.2) is 9.18 Å². The van der Waals surface area contributed by atoms with Crippen molar-refractivity contribution in [2.75, 3.05) is 0 Å². The molecule has 2 aliphatic rings. The van der Waals surface area contributed by atoms with Crippen LogP contribution in [0.2, 0.25) is 0 Å². The third-order valence-electron chi connectivity index (χ3n) is 4.26. The molecule has 0 N–H and O–H groups in total.